The number of rotatable bonds is 5. The second kappa shape index (κ2) is 5.75. The van der Waals surface area contributed by atoms with Crippen LogP contribution in [0.3, 0.4) is 0 Å². The van der Waals surface area contributed by atoms with Crippen molar-refractivity contribution in [3.05, 3.63) is 29.8 Å². The molecule has 1 aromatic heterocycles. The molecule has 0 bridgehead atoms. The molecular weight excluding hydrogens is 240 g/mol. The molecule has 4 N–H and O–H groups in total. The molecule has 0 atom stereocenters. The molecule has 0 saturated carbocycles. The summed E-state index contributed by atoms with van der Waals surface area (Å²) in [6.45, 7) is 1.08. The number of carbonyl (C=O) groups is 1. The fraction of sp³-hybridized carbons (Fsp3) is 0.357. The Morgan fingerprint density at radius 2 is 2.16 bits per heavy atom. The average Bonchev–Trinajstić information content (AvgIpc) is 2.68. The number of benzene rings is 1. The summed E-state index contributed by atoms with van der Waals surface area (Å²) in [5.41, 5.74) is 7.41. The fourth-order valence-electron chi connectivity index (χ4n) is 2.13. The van der Waals surface area contributed by atoms with E-state index in [1.54, 1.807) is 0 Å². The van der Waals surface area contributed by atoms with Crippen LogP contribution in [0.5, 0.6) is 0 Å². The van der Waals surface area contributed by atoms with Crippen molar-refractivity contribution in [2.75, 3.05) is 26.0 Å². The van der Waals surface area contributed by atoms with E-state index in [1.807, 2.05) is 6.07 Å². The van der Waals surface area contributed by atoms with Crippen molar-refractivity contribution < 1.29 is 4.79 Å². The number of carbonyl (C=O) groups excluding carboxylic acids is 1. The molecule has 0 fully saturated rings. The highest BCUT2D eigenvalue weighted by Gasteiger charge is 2.03. The standard InChI is InChI=1S/C14H20N4O/c1-18(2)7-3-4-10-5-6-11-9-13(17-14(15)19)16-12(11)8-10/h5-6,8-9,16H,3-4,7H2,1-2H3,(H3,15,17,19). The lowest BCUT2D eigenvalue weighted by Gasteiger charge is -2.08. The highest BCUT2D eigenvalue weighted by atomic mass is 16.2. The quantitative estimate of drug-likeness (QED) is 0.770. The molecule has 0 unspecified atom stereocenters. The second-order valence-corrected chi connectivity index (χ2v) is 5.00. The Morgan fingerprint density at radius 1 is 1.37 bits per heavy atom. The Bertz CT molecular complexity index is 574. The minimum Gasteiger partial charge on any atom is -0.351 e. The molecule has 0 aliphatic rings. The molecule has 2 aromatic rings. The van der Waals surface area contributed by atoms with Gasteiger partial charge in [0, 0.05) is 10.9 Å². The van der Waals surface area contributed by atoms with Crippen LogP contribution in [-0.4, -0.2) is 36.6 Å². The van der Waals surface area contributed by atoms with E-state index in [4.69, 9.17) is 5.73 Å². The van der Waals surface area contributed by atoms with Gasteiger partial charge in [0.25, 0.3) is 0 Å². The first-order valence-corrected chi connectivity index (χ1v) is 6.37. The third-order valence-electron chi connectivity index (χ3n) is 3.02. The first-order valence-electron chi connectivity index (χ1n) is 6.37. The summed E-state index contributed by atoms with van der Waals surface area (Å²) < 4.78 is 0. The summed E-state index contributed by atoms with van der Waals surface area (Å²) >= 11 is 0. The van der Waals surface area contributed by atoms with Crippen LogP contribution in [0.15, 0.2) is 24.3 Å². The molecule has 2 rings (SSSR count). The Balaban J connectivity index is 2.09. The number of urea groups is 1. The fourth-order valence-corrected chi connectivity index (χ4v) is 2.13. The van der Waals surface area contributed by atoms with Crippen LogP contribution < -0.4 is 11.1 Å². The van der Waals surface area contributed by atoms with Gasteiger partial charge in [-0.05, 0) is 51.2 Å². The monoisotopic (exact) mass is 260 g/mol. The van der Waals surface area contributed by atoms with Gasteiger partial charge in [0.2, 0.25) is 0 Å². The van der Waals surface area contributed by atoms with Crippen LogP contribution in [-0.2, 0) is 6.42 Å². The van der Waals surface area contributed by atoms with Gasteiger partial charge in [-0.1, -0.05) is 12.1 Å². The summed E-state index contributed by atoms with van der Waals surface area (Å²) in [6, 6.07) is 7.63. The largest absolute Gasteiger partial charge is 0.351 e. The SMILES string of the molecule is CN(C)CCCc1ccc2cc(NC(N)=O)[nH]c2c1. The Morgan fingerprint density at radius 3 is 2.84 bits per heavy atom. The smallest absolute Gasteiger partial charge is 0.317 e. The molecule has 0 aliphatic carbocycles. The average molecular weight is 260 g/mol. The van der Waals surface area contributed by atoms with Crippen molar-refractivity contribution in [1.29, 1.82) is 0 Å². The zero-order chi connectivity index (χ0) is 13.8. The number of nitrogens with zero attached hydrogens (tertiary/aromatic N) is 1. The number of nitrogens with two attached hydrogens (primary N) is 1. The van der Waals surface area contributed by atoms with Gasteiger partial charge in [-0.15, -0.1) is 0 Å². The number of amides is 2. The molecule has 0 saturated heterocycles. The molecule has 0 aliphatic heterocycles. The number of aromatic amines is 1. The molecule has 0 radical (unpaired) electrons. The number of primary amides is 1. The van der Waals surface area contributed by atoms with Crippen LogP contribution in [0.4, 0.5) is 10.6 Å². The zero-order valence-corrected chi connectivity index (χ0v) is 11.4. The molecule has 5 heteroatoms. The van der Waals surface area contributed by atoms with Gasteiger partial charge in [-0.3, -0.25) is 5.32 Å². The van der Waals surface area contributed by atoms with Gasteiger partial charge in [0.15, 0.2) is 0 Å². The summed E-state index contributed by atoms with van der Waals surface area (Å²) in [4.78, 5) is 16.1. The number of hydrogen-bond acceptors (Lipinski definition) is 2. The Labute approximate surface area is 112 Å². The van der Waals surface area contributed by atoms with E-state index in [2.05, 4.69) is 47.5 Å². The lowest BCUT2D eigenvalue weighted by atomic mass is 10.1. The molecule has 1 heterocycles. The summed E-state index contributed by atoms with van der Waals surface area (Å²) in [5.74, 6) is 0.632. The van der Waals surface area contributed by atoms with Crippen molar-refractivity contribution in [2.45, 2.75) is 12.8 Å². The van der Waals surface area contributed by atoms with E-state index in [9.17, 15) is 4.79 Å². The molecule has 5 nitrogen and oxygen atoms in total. The van der Waals surface area contributed by atoms with Gasteiger partial charge >= 0.3 is 6.03 Å². The van der Waals surface area contributed by atoms with Crippen LogP contribution in [0.1, 0.15) is 12.0 Å². The minimum absolute atomic E-state index is 0.558. The van der Waals surface area contributed by atoms with E-state index in [0.717, 1.165) is 30.3 Å². The van der Waals surface area contributed by atoms with E-state index in [-0.39, 0.29) is 0 Å². The number of nitrogens with one attached hydrogen (secondary N) is 2. The zero-order valence-electron chi connectivity index (χ0n) is 11.4. The molecule has 2 amide bonds. The van der Waals surface area contributed by atoms with Crippen molar-refractivity contribution in [3.63, 3.8) is 0 Å². The van der Waals surface area contributed by atoms with E-state index < -0.39 is 6.03 Å². The number of hydrogen-bond donors (Lipinski definition) is 3. The lowest BCUT2D eigenvalue weighted by molar-refractivity contribution is 0.259. The van der Waals surface area contributed by atoms with Gasteiger partial charge in [-0.2, -0.15) is 0 Å². The second-order valence-electron chi connectivity index (χ2n) is 5.00. The van der Waals surface area contributed by atoms with Gasteiger partial charge in [0.1, 0.15) is 5.82 Å². The number of H-pyrrole nitrogens is 1. The molecule has 0 spiro atoms. The molecule has 102 valence electrons. The molecule has 19 heavy (non-hydrogen) atoms. The number of aryl methyl sites for hydroxylation is 1. The maximum Gasteiger partial charge on any atom is 0.317 e. The first-order chi connectivity index (χ1) is 9.04. The minimum atomic E-state index is -0.558. The molecule has 1 aromatic carbocycles. The van der Waals surface area contributed by atoms with Crippen LogP contribution in [0.2, 0.25) is 0 Å². The third-order valence-corrected chi connectivity index (χ3v) is 3.02. The van der Waals surface area contributed by atoms with E-state index in [0.29, 0.717) is 5.82 Å². The van der Waals surface area contributed by atoms with Crippen LogP contribution in [0, 0.1) is 0 Å². The maximum absolute atomic E-state index is 10.8. The first kappa shape index (κ1) is 13.4. The lowest BCUT2D eigenvalue weighted by Crippen LogP contribution is -2.19. The summed E-state index contributed by atoms with van der Waals surface area (Å²) in [5, 5.41) is 3.62. The highest BCUT2D eigenvalue weighted by molar-refractivity contribution is 5.92. The predicted octanol–water partition coefficient (Wildman–Crippen LogP) is 2.15. The number of fused-ring (bicyclic) bond motifs is 1. The van der Waals surface area contributed by atoms with E-state index >= 15 is 0 Å². The number of aromatic nitrogens is 1. The summed E-state index contributed by atoms with van der Waals surface area (Å²) in [6.07, 6.45) is 2.18. The van der Waals surface area contributed by atoms with Gasteiger partial charge < -0.3 is 15.6 Å². The third kappa shape index (κ3) is 3.72. The van der Waals surface area contributed by atoms with Crippen LogP contribution in [0.25, 0.3) is 10.9 Å². The predicted molar refractivity (Wildman–Crippen MR) is 78.4 cm³/mol. The van der Waals surface area contributed by atoms with E-state index in [1.165, 1.54) is 5.56 Å². The number of anilines is 1. The topological polar surface area (TPSA) is 74.2 Å². The normalized spacial score (nSPS) is 11.1. The van der Waals surface area contributed by atoms with Crippen molar-refractivity contribution >= 4 is 22.8 Å². The van der Waals surface area contributed by atoms with Crippen molar-refractivity contribution in [2.24, 2.45) is 5.73 Å². The highest BCUT2D eigenvalue weighted by Crippen LogP contribution is 2.20. The maximum atomic E-state index is 10.8. The van der Waals surface area contributed by atoms with Crippen molar-refractivity contribution in [3.8, 4) is 0 Å². The Hall–Kier alpha value is -2.01. The van der Waals surface area contributed by atoms with Crippen LogP contribution >= 0.6 is 0 Å². The molecular formula is C14H20N4O. The van der Waals surface area contributed by atoms with Crippen molar-refractivity contribution in [1.82, 2.24) is 9.88 Å². The summed E-state index contributed by atoms with van der Waals surface area (Å²) in [7, 11) is 4.16. The van der Waals surface area contributed by atoms with Gasteiger partial charge in [0.05, 0.1) is 0 Å². The Kier molecular flexibility index (Phi) is 4.06. The van der Waals surface area contributed by atoms with Gasteiger partial charge in [-0.25, -0.2) is 4.79 Å².